The van der Waals surface area contributed by atoms with Gasteiger partial charge in [0.05, 0.1) is 11.0 Å². The first-order chi connectivity index (χ1) is 22.3. The molecule has 0 saturated carbocycles. The molecule has 0 bridgehead atoms. The van der Waals surface area contributed by atoms with Gasteiger partial charge >= 0.3 is 0 Å². The number of para-hydroxylation sites is 1. The van der Waals surface area contributed by atoms with E-state index in [-0.39, 0.29) is 0 Å². The number of rotatable bonds is 3. The molecule has 0 amide bonds. The highest BCUT2D eigenvalue weighted by Crippen LogP contribution is 2.41. The molecular weight excluding hydrogens is 565 g/mol. The van der Waals surface area contributed by atoms with Crippen LogP contribution >= 0.6 is 11.3 Å². The van der Waals surface area contributed by atoms with Gasteiger partial charge in [0.15, 0.2) is 0 Å². The maximum atomic E-state index is 3.64. The number of hydrogen-bond acceptors (Lipinski definition) is 1. The number of aromatic amines is 1. The zero-order valence-electron chi connectivity index (χ0n) is 24.5. The van der Waals surface area contributed by atoms with Crippen molar-refractivity contribution >= 4 is 70.3 Å². The number of aryl methyl sites for hydroxylation is 1. The van der Waals surface area contributed by atoms with Gasteiger partial charge in [0.2, 0.25) is 0 Å². The van der Waals surface area contributed by atoms with Gasteiger partial charge in [-0.2, -0.15) is 0 Å². The first-order valence-corrected chi connectivity index (χ1v) is 16.5. The molecule has 1 N–H and O–H groups in total. The average Bonchev–Trinajstić information content (AvgIpc) is 3.77. The summed E-state index contributed by atoms with van der Waals surface area (Å²) in [6.07, 6.45) is 6.77. The summed E-state index contributed by atoms with van der Waals surface area (Å²) in [4.78, 5) is 3.64. The van der Waals surface area contributed by atoms with Crippen molar-refractivity contribution in [3.05, 3.63) is 145 Å². The summed E-state index contributed by atoms with van der Waals surface area (Å²) in [6, 6.07) is 47.1. The van der Waals surface area contributed by atoms with E-state index < -0.39 is 0 Å². The minimum absolute atomic E-state index is 1.09. The summed E-state index contributed by atoms with van der Waals surface area (Å²) >= 11 is 1.89. The molecule has 0 atom stereocenters. The van der Waals surface area contributed by atoms with Crippen LogP contribution in [0, 0.1) is 0 Å². The van der Waals surface area contributed by atoms with E-state index in [1.54, 1.807) is 0 Å². The van der Waals surface area contributed by atoms with E-state index in [0.717, 1.165) is 12.8 Å². The smallest absolute Gasteiger partial charge is 0.0541 e. The van der Waals surface area contributed by atoms with Crippen molar-refractivity contribution in [3.63, 3.8) is 0 Å². The molecule has 3 heterocycles. The maximum Gasteiger partial charge on any atom is 0.0541 e. The highest BCUT2D eigenvalue weighted by atomic mass is 32.1. The molecule has 1 aliphatic carbocycles. The van der Waals surface area contributed by atoms with Crippen LogP contribution in [-0.4, -0.2) is 9.55 Å². The Balaban J connectivity index is 1.10. The van der Waals surface area contributed by atoms with Crippen molar-refractivity contribution in [1.82, 2.24) is 9.55 Å². The fourth-order valence-corrected chi connectivity index (χ4v) is 8.70. The Hall–Kier alpha value is -5.38. The minimum atomic E-state index is 1.09. The lowest BCUT2D eigenvalue weighted by atomic mass is 9.98. The Labute approximate surface area is 264 Å². The van der Waals surface area contributed by atoms with Crippen LogP contribution in [0.3, 0.4) is 0 Å². The molecule has 9 aromatic rings. The van der Waals surface area contributed by atoms with Crippen LogP contribution in [0.2, 0.25) is 0 Å². The van der Waals surface area contributed by atoms with E-state index in [4.69, 9.17) is 0 Å². The number of nitrogens with one attached hydrogen (secondary N) is 1. The van der Waals surface area contributed by atoms with E-state index in [9.17, 15) is 0 Å². The van der Waals surface area contributed by atoms with Crippen molar-refractivity contribution < 1.29 is 0 Å². The number of H-pyrrole nitrogens is 1. The van der Waals surface area contributed by atoms with Crippen molar-refractivity contribution in [1.29, 1.82) is 0 Å². The van der Waals surface area contributed by atoms with Crippen molar-refractivity contribution in [2.75, 3.05) is 0 Å². The number of benzene rings is 6. The molecule has 10 rings (SSSR count). The van der Waals surface area contributed by atoms with Crippen LogP contribution in [0.5, 0.6) is 0 Å². The first kappa shape index (κ1) is 25.0. The van der Waals surface area contributed by atoms with Crippen molar-refractivity contribution in [2.24, 2.45) is 0 Å². The SMILES string of the molecule is C1=Cc2c([nH]c3ccc(-c4ccc5c(c4)c4ccccc4n5-c4ccc(-c5cccc6c5sc5ccccc56)cc4)cc23)CC1. The van der Waals surface area contributed by atoms with Crippen LogP contribution in [0.1, 0.15) is 17.7 Å². The van der Waals surface area contributed by atoms with E-state index in [1.165, 1.54) is 92.1 Å². The van der Waals surface area contributed by atoms with Crippen LogP contribution in [0.4, 0.5) is 0 Å². The molecule has 45 heavy (non-hydrogen) atoms. The second-order valence-corrected chi connectivity index (χ2v) is 13.2. The maximum absolute atomic E-state index is 3.64. The monoisotopic (exact) mass is 592 g/mol. The molecule has 0 spiro atoms. The van der Waals surface area contributed by atoms with E-state index >= 15 is 0 Å². The summed E-state index contributed by atoms with van der Waals surface area (Å²) < 4.78 is 5.10. The highest BCUT2D eigenvalue weighted by molar-refractivity contribution is 7.26. The molecule has 2 nitrogen and oxygen atoms in total. The van der Waals surface area contributed by atoms with Crippen molar-refractivity contribution in [2.45, 2.75) is 12.8 Å². The van der Waals surface area contributed by atoms with Gasteiger partial charge in [0.25, 0.3) is 0 Å². The lowest BCUT2D eigenvalue weighted by molar-refractivity contribution is 0.951. The normalized spacial score (nSPS) is 13.1. The second-order valence-electron chi connectivity index (χ2n) is 12.1. The molecule has 3 heteroatoms. The summed E-state index contributed by atoms with van der Waals surface area (Å²) in [5, 5.41) is 6.54. The van der Waals surface area contributed by atoms with Gasteiger partial charge in [0, 0.05) is 58.8 Å². The number of thiophene rings is 1. The quantitative estimate of drug-likeness (QED) is 0.211. The predicted molar refractivity (Wildman–Crippen MR) is 194 cm³/mol. The molecule has 3 aromatic heterocycles. The molecular formula is C42H28N2S. The second kappa shape index (κ2) is 9.56. The topological polar surface area (TPSA) is 20.7 Å². The standard InChI is InChI=1S/C42H28N2S/c1-4-13-37-31(8-1)35-24-27(18-22-38(35)43-37)28-19-23-40-36(25-28)32-9-2-5-14-39(32)44(40)29-20-16-26(17-21-29)30-11-7-12-34-33-10-3-6-15-41(33)45-42(30)34/h1-3,5-12,14-25,43H,4,13H2. The van der Waals surface area contributed by atoms with E-state index in [1.807, 2.05) is 11.3 Å². The Kier molecular flexibility index (Phi) is 5.31. The molecule has 0 unspecified atom stereocenters. The molecule has 6 aromatic carbocycles. The third kappa shape index (κ3) is 3.74. The summed E-state index contributed by atoms with van der Waals surface area (Å²) in [5.74, 6) is 0. The van der Waals surface area contributed by atoms with Gasteiger partial charge in [-0.15, -0.1) is 11.3 Å². The Morgan fingerprint density at radius 2 is 1.31 bits per heavy atom. The average molecular weight is 593 g/mol. The summed E-state index contributed by atoms with van der Waals surface area (Å²) in [5.41, 5.74) is 12.6. The zero-order chi connectivity index (χ0) is 29.5. The van der Waals surface area contributed by atoms with E-state index in [2.05, 4.69) is 149 Å². The predicted octanol–water partition coefficient (Wildman–Crippen LogP) is 11.9. The number of aromatic nitrogens is 2. The highest BCUT2D eigenvalue weighted by Gasteiger charge is 2.16. The summed E-state index contributed by atoms with van der Waals surface area (Å²) in [6.45, 7) is 0. The Morgan fingerprint density at radius 3 is 2.22 bits per heavy atom. The minimum Gasteiger partial charge on any atom is -0.358 e. The molecule has 0 aliphatic heterocycles. The number of allylic oxidation sites excluding steroid dienone is 1. The molecule has 0 radical (unpaired) electrons. The van der Waals surface area contributed by atoms with Crippen LogP contribution in [0.25, 0.3) is 86.9 Å². The lowest BCUT2D eigenvalue weighted by Gasteiger charge is -2.10. The van der Waals surface area contributed by atoms with Crippen LogP contribution in [-0.2, 0) is 6.42 Å². The third-order valence-corrected chi connectivity index (χ3v) is 10.8. The largest absolute Gasteiger partial charge is 0.358 e. The van der Waals surface area contributed by atoms with Crippen LogP contribution in [0.15, 0.2) is 133 Å². The Bertz CT molecular complexity index is 2640. The lowest BCUT2D eigenvalue weighted by Crippen LogP contribution is -1.93. The molecule has 212 valence electrons. The molecule has 1 aliphatic rings. The fraction of sp³-hybridized carbons (Fsp3) is 0.0476. The third-order valence-electron chi connectivity index (χ3n) is 9.61. The number of nitrogens with zero attached hydrogens (tertiary/aromatic N) is 1. The van der Waals surface area contributed by atoms with E-state index in [0.29, 0.717) is 0 Å². The molecule has 0 fully saturated rings. The first-order valence-electron chi connectivity index (χ1n) is 15.7. The molecule has 0 saturated heterocycles. The number of hydrogen-bond donors (Lipinski definition) is 1. The fourth-order valence-electron chi connectivity index (χ4n) is 7.46. The van der Waals surface area contributed by atoms with Gasteiger partial charge in [0.1, 0.15) is 0 Å². The van der Waals surface area contributed by atoms with Crippen molar-refractivity contribution in [3.8, 4) is 27.9 Å². The zero-order valence-corrected chi connectivity index (χ0v) is 25.4. The Morgan fingerprint density at radius 1 is 0.578 bits per heavy atom. The van der Waals surface area contributed by atoms with Gasteiger partial charge in [-0.05, 0) is 83.6 Å². The van der Waals surface area contributed by atoms with Gasteiger partial charge in [-0.1, -0.05) is 91.0 Å². The van der Waals surface area contributed by atoms with Gasteiger partial charge in [-0.3, -0.25) is 0 Å². The van der Waals surface area contributed by atoms with Crippen LogP contribution < -0.4 is 0 Å². The van der Waals surface area contributed by atoms with Gasteiger partial charge in [-0.25, -0.2) is 0 Å². The summed E-state index contributed by atoms with van der Waals surface area (Å²) in [7, 11) is 0. The number of fused-ring (bicyclic) bond motifs is 9. The van der Waals surface area contributed by atoms with Gasteiger partial charge < -0.3 is 9.55 Å².